The molecule has 1 aromatic carbocycles. The van der Waals surface area contributed by atoms with Gasteiger partial charge in [0, 0.05) is 17.6 Å². The maximum Gasteiger partial charge on any atom is 0.153 e. The van der Waals surface area contributed by atoms with Crippen molar-refractivity contribution in [3.05, 3.63) is 34.3 Å². The molecule has 1 aromatic rings. The third kappa shape index (κ3) is 3.02. The molecule has 0 amide bonds. The van der Waals surface area contributed by atoms with Crippen molar-refractivity contribution in [3.8, 4) is 0 Å². The molecule has 0 radical (unpaired) electrons. The Morgan fingerprint density at radius 1 is 1.27 bits per heavy atom. The van der Waals surface area contributed by atoms with Crippen molar-refractivity contribution < 1.29 is 4.39 Å². The highest BCUT2D eigenvalue weighted by atomic mass is 79.9. The quantitative estimate of drug-likeness (QED) is 0.741. The van der Waals surface area contributed by atoms with E-state index in [0.717, 1.165) is 30.4 Å². The summed E-state index contributed by atoms with van der Waals surface area (Å²) in [5.74, 6) is 0. The molecule has 0 aliphatic carbocycles. The lowest BCUT2D eigenvalue weighted by molar-refractivity contribution is 0.0399. The van der Waals surface area contributed by atoms with Gasteiger partial charge in [0.2, 0.25) is 0 Å². The van der Waals surface area contributed by atoms with Crippen LogP contribution in [0.2, 0.25) is 0 Å². The van der Waals surface area contributed by atoms with E-state index in [1.165, 1.54) is 5.56 Å². The van der Waals surface area contributed by atoms with Crippen LogP contribution in [-0.2, 0) is 6.54 Å². The lowest BCUT2D eigenvalue weighted by Crippen LogP contribution is -2.35. The molecule has 1 nitrogen and oxygen atoms in total. The molecule has 3 heteroatoms. The van der Waals surface area contributed by atoms with Gasteiger partial charge in [0.05, 0.1) is 0 Å². The summed E-state index contributed by atoms with van der Waals surface area (Å²) in [7, 11) is 0. The van der Waals surface area contributed by atoms with Gasteiger partial charge in [0.1, 0.15) is 0 Å². The fourth-order valence-corrected chi connectivity index (χ4v) is 2.22. The highest BCUT2D eigenvalue weighted by Crippen LogP contribution is 2.21. The Bertz CT molecular complexity index is 312. The number of likely N-dealkylation sites (tertiary alicyclic amines) is 1. The summed E-state index contributed by atoms with van der Waals surface area (Å²) in [6.07, 6.45) is 2.09. The van der Waals surface area contributed by atoms with Crippen LogP contribution in [0.4, 0.5) is 4.39 Å². The molecule has 1 atom stereocenters. The van der Waals surface area contributed by atoms with Gasteiger partial charge in [-0.05, 0) is 37.0 Å². The van der Waals surface area contributed by atoms with Gasteiger partial charge in [-0.1, -0.05) is 28.1 Å². The first kappa shape index (κ1) is 11.1. The van der Waals surface area contributed by atoms with Gasteiger partial charge in [-0.3, -0.25) is 4.90 Å². The molecule has 15 heavy (non-hydrogen) atoms. The van der Waals surface area contributed by atoms with Crippen molar-refractivity contribution in [3.63, 3.8) is 0 Å². The second kappa shape index (κ2) is 5.08. The zero-order valence-corrected chi connectivity index (χ0v) is 10.2. The van der Waals surface area contributed by atoms with Gasteiger partial charge in [-0.25, -0.2) is 4.39 Å². The van der Waals surface area contributed by atoms with Crippen LogP contribution < -0.4 is 0 Å². The smallest absolute Gasteiger partial charge is 0.153 e. The van der Waals surface area contributed by atoms with Gasteiger partial charge >= 0.3 is 0 Å². The molecule has 1 aliphatic heterocycles. The van der Waals surface area contributed by atoms with Crippen molar-refractivity contribution >= 4 is 15.9 Å². The second-order valence-corrected chi connectivity index (χ2v) is 4.94. The second-order valence-electron chi connectivity index (χ2n) is 4.03. The molecule has 1 aliphatic rings. The SMILES string of the molecule is FC1CCCCN1Cc1ccc(Br)cc1. The number of nitrogens with zero attached hydrogens (tertiary/aromatic N) is 1. The number of rotatable bonds is 2. The van der Waals surface area contributed by atoms with E-state index in [4.69, 9.17) is 0 Å². The lowest BCUT2D eigenvalue weighted by atomic mass is 10.1. The number of hydrogen-bond acceptors (Lipinski definition) is 1. The predicted octanol–water partition coefficient (Wildman–Crippen LogP) is 3.73. The molecule has 0 spiro atoms. The molecule has 0 saturated carbocycles. The average Bonchev–Trinajstić information content (AvgIpc) is 2.25. The molecular formula is C12H15BrFN. The predicted molar refractivity (Wildman–Crippen MR) is 63.3 cm³/mol. The summed E-state index contributed by atoms with van der Waals surface area (Å²) < 4.78 is 14.6. The number of hydrogen-bond donors (Lipinski definition) is 0. The monoisotopic (exact) mass is 271 g/mol. The van der Waals surface area contributed by atoms with E-state index in [0.29, 0.717) is 6.42 Å². The molecule has 0 N–H and O–H groups in total. The minimum Gasteiger partial charge on any atom is -0.270 e. The third-order valence-electron chi connectivity index (χ3n) is 2.83. The minimum atomic E-state index is -0.748. The molecule has 0 bridgehead atoms. The Labute approximate surface area is 98.4 Å². The number of benzene rings is 1. The van der Waals surface area contributed by atoms with Crippen LogP contribution in [-0.4, -0.2) is 17.7 Å². The number of alkyl halides is 1. The van der Waals surface area contributed by atoms with Crippen LogP contribution in [0.3, 0.4) is 0 Å². The first-order chi connectivity index (χ1) is 7.25. The molecule has 0 aromatic heterocycles. The van der Waals surface area contributed by atoms with Gasteiger partial charge in [0.25, 0.3) is 0 Å². The van der Waals surface area contributed by atoms with Crippen LogP contribution in [0.15, 0.2) is 28.7 Å². The van der Waals surface area contributed by atoms with Gasteiger partial charge < -0.3 is 0 Å². The van der Waals surface area contributed by atoms with E-state index in [1.807, 2.05) is 29.2 Å². The number of piperidine rings is 1. The lowest BCUT2D eigenvalue weighted by Gasteiger charge is -2.30. The Kier molecular flexibility index (Phi) is 3.76. The fraction of sp³-hybridized carbons (Fsp3) is 0.500. The van der Waals surface area contributed by atoms with E-state index in [-0.39, 0.29) is 0 Å². The molecule has 82 valence electrons. The van der Waals surface area contributed by atoms with Crippen LogP contribution in [0.1, 0.15) is 24.8 Å². The molecule has 2 rings (SSSR count). The van der Waals surface area contributed by atoms with Crippen LogP contribution in [0.25, 0.3) is 0 Å². The van der Waals surface area contributed by atoms with Crippen LogP contribution in [0, 0.1) is 0 Å². The molecule has 1 unspecified atom stereocenters. The fourth-order valence-electron chi connectivity index (χ4n) is 1.95. The van der Waals surface area contributed by atoms with Crippen molar-refractivity contribution in [2.24, 2.45) is 0 Å². The topological polar surface area (TPSA) is 3.24 Å². The maximum absolute atomic E-state index is 13.5. The Balaban J connectivity index is 1.98. The summed E-state index contributed by atoms with van der Waals surface area (Å²) in [4.78, 5) is 1.92. The van der Waals surface area contributed by atoms with Gasteiger partial charge in [0.15, 0.2) is 6.30 Å². The van der Waals surface area contributed by atoms with Crippen LogP contribution in [0.5, 0.6) is 0 Å². The Hall–Kier alpha value is -0.410. The van der Waals surface area contributed by atoms with E-state index in [2.05, 4.69) is 15.9 Å². The van der Waals surface area contributed by atoms with E-state index >= 15 is 0 Å². The first-order valence-corrected chi connectivity index (χ1v) is 6.17. The zero-order valence-electron chi connectivity index (χ0n) is 8.63. The van der Waals surface area contributed by atoms with E-state index in [9.17, 15) is 4.39 Å². The minimum absolute atomic E-state index is 0.691. The van der Waals surface area contributed by atoms with Crippen molar-refractivity contribution in [2.75, 3.05) is 6.54 Å². The summed E-state index contributed by atoms with van der Waals surface area (Å²) in [5.41, 5.74) is 1.18. The summed E-state index contributed by atoms with van der Waals surface area (Å²) in [6, 6.07) is 8.11. The van der Waals surface area contributed by atoms with Crippen LogP contribution >= 0.6 is 15.9 Å². The standard InChI is InChI=1S/C12H15BrFN/c13-11-6-4-10(5-7-11)9-15-8-2-1-3-12(15)14/h4-7,12H,1-3,8-9H2. The van der Waals surface area contributed by atoms with E-state index in [1.54, 1.807) is 0 Å². The maximum atomic E-state index is 13.5. The van der Waals surface area contributed by atoms with Crippen molar-refractivity contribution in [1.82, 2.24) is 4.90 Å². The first-order valence-electron chi connectivity index (χ1n) is 5.38. The average molecular weight is 272 g/mol. The number of halogens is 2. The van der Waals surface area contributed by atoms with E-state index < -0.39 is 6.30 Å². The molecular weight excluding hydrogens is 257 g/mol. The Morgan fingerprint density at radius 3 is 2.67 bits per heavy atom. The largest absolute Gasteiger partial charge is 0.270 e. The Morgan fingerprint density at radius 2 is 2.00 bits per heavy atom. The summed E-state index contributed by atoms with van der Waals surface area (Å²) >= 11 is 3.39. The van der Waals surface area contributed by atoms with Crippen molar-refractivity contribution in [2.45, 2.75) is 32.1 Å². The summed E-state index contributed by atoms with van der Waals surface area (Å²) in [6.45, 7) is 1.62. The molecule has 1 fully saturated rings. The normalized spacial score (nSPS) is 22.9. The molecule has 1 saturated heterocycles. The highest BCUT2D eigenvalue weighted by molar-refractivity contribution is 9.10. The highest BCUT2D eigenvalue weighted by Gasteiger charge is 2.21. The van der Waals surface area contributed by atoms with Crippen molar-refractivity contribution in [1.29, 1.82) is 0 Å². The zero-order chi connectivity index (χ0) is 10.7. The molecule has 1 heterocycles. The van der Waals surface area contributed by atoms with Gasteiger partial charge in [-0.2, -0.15) is 0 Å². The summed E-state index contributed by atoms with van der Waals surface area (Å²) in [5, 5.41) is 0. The third-order valence-corrected chi connectivity index (χ3v) is 3.36. The van der Waals surface area contributed by atoms with Gasteiger partial charge in [-0.15, -0.1) is 0 Å².